The van der Waals surface area contributed by atoms with E-state index in [2.05, 4.69) is 22.8 Å². The van der Waals surface area contributed by atoms with Crippen molar-refractivity contribution in [3.63, 3.8) is 0 Å². The first-order chi connectivity index (χ1) is 9.66. The topological polar surface area (TPSA) is 29.1 Å². The van der Waals surface area contributed by atoms with Crippen LogP contribution in [0.4, 0.5) is 5.69 Å². The molecule has 2 nitrogen and oxygen atoms in total. The van der Waals surface area contributed by atoms with Crippen molar-refractivity contribution in [1.29, 1.82) is 0 Å². The summed E-state index contributed by atoms with van der Waals surface area (Å²) in [7, 11) is 0. The minimum Gasteiger partial charge on any atom is -0.326 e. The molecule has 20 heavy (non-hydrogen) atoms. The predicted octanol–water partition coefficient (Wildman–Crippen LogP) is 5.06. The Kier molecular flexibility index (Phi) is 5.62. The Labute approximate surface area is 128 Å². The van der Waals surface area contributed by atoms with Crippen LogP contribution >= 0.6 is 22.9 Å². The van der Waals surface area contributed by atoms with E-state index < -0.39 is 0 Å². The highest BCUT2D eigenvalue weighted by atomic mass is 35.5. The lowest BCUT2D eigenvalue weighted by atomic mass is 10.1. The van der Waals surface area contributed by atoms with E-state index in [4.69, 9.17) is 11.6 Å². The molecule has 1 N–H and O–H groups in total. The number of rotatable bonds is 6. The van der Waals surface area contributed by atoms with Gasteiger partial charge in [-0.3, -0.25) is 4.79 Å². The number of amides is 1. The molecule has 0 aliphatic rings. The van der Waals surface area contributed by atoms with Crippen LogP contribution in [-0.2, 0) is 11.2 Å². The number of thiophene rings is 1. The maximum atomic E-state index is 11.9. The maximum absolute atomic E-state index is 11.9. The molecule has 0 aliphatic carbocycles. The van der Waals surface area contributed by atoms with Gasteiger partial charge >= 0.3 is 0 Å². The molecular formula is C16H18ClNOS. The fourth-order valence-corrected chi connectivity index (χ4v) is 2.92. The zero-order valence-corrected chi connectivity index (χ0v) is 13.1. The average Bonchev–Trinajstić information content (AvgIpc) is 2.93. The molecule has 0 radical (unpaired) electrons. The highest BCUT2D eigenvalue weighted by Crippen LogP contribution is 2.23. The van der Waals surface area contributed by atoms with Crippen LogP contribution in [0.1, 0.15) is 29.7 Å². The standard InChI is InChI=1S/C16H18ClNOS/c1-12-14(17)8-4-9-15(12)18-16(19)10-3-2-6-13-7-5-11-20-13/h4-5,7-9,11H,2-3,6,10H2,1H3,(H,18,19). The van der Waals surface area contributed by atoms with Crippen LogP contribution < -0.4 is 5.32 Å². The number of halogens is 1. The predicted molar refractivity (Wildman–Crippen MR) is 86.7 cm³/mol. The van der Waals surface area contributed by atoms with Crippen molar-refractivity contribution in [2.75, 3.05) is 5.32 Å². The quantitative estimate of drug-likeness (QED) is 0.742. The molecule has 0 saturated carbocycles. The van der Waals surface area contributed by atoms with Crippen LogP contribution in [0.3, 0.4) is 0 Å². The fourth-order valence-electron chi connectivity index (χ4n) is 2.00. The van der Waals surface area contributed by atoms with Gasteiger partial charge in [0.25, 0.3) is 0 Å². The molecule has 106 valence electrons. The van der Waals surface area contributed by atoms with Crippen LogP contribution in [0.15, 0.2) is 35.7 Å². The number of carbonyl (C=O) groups is 1. The lowest BCUT2D eigenvalue weighted by molar-refractivity contribution is -0.116. The van der Waals surface area contributed by atoms with Crippen LogP contribution in [0.5, 0.6) is 0 Å². The Hall–Kier alpha value is -1.32. The van der Waals surface area contributed by atoms with Crippen molar-refractivity contribution < 1.29 is 4.79 Å². The summed E-state index contributed by atoms with van der Waals surface area (Å²) in [5, 5.41) is 5.69. The largest absolute Gasteiger partial charge is 0.326 e. The van der Waals surface area contributed by atoms with Crippen molar-refractivity contribution >= 4 is 34.5 Å². The zero-order chi connectivity index (χ0) is 14.4. The molecular weight excluding hydrogens is 290 g/mol. The number of hydrogen-bond donors (Lipinski definition) is 1. The van der Waals surface area contributed by atoms with Crippen molar-refractivity contribution in [2.45, 2.75) is 32.6 Å². The minimum atomic E-state index is 0.0570. The first kappa shape index (κ1) is 15.1. The summed E-state index contributed by atoms with van der Waals surface area (Å²) >= 11 is 7.80. The maximum Gasteiger partial charge on any atom is 0.224 e. The number of anilines is 1. The van der Waals surface area contributed by atoms with E-state index in [0.29, 0.717) is 11.4 Å². The highest BCUT2D eigenvalue weighted by Gasteiger charge is 2.06. The Balaban J connectivity index is 1.74. The molecule has 0 unspecified atom stereocenters. The molecule has 1 amide bonds. The second kappa shape index (κ2) is 7.46. The Bertz CT molecular complexity index is 566. The number of nitrogens with one attached hydrogen (secondary N) is 1. The molecule has 4 heteroatoms. The SMILES string of the molecule is Cc1c(Cl)cccc1NC(=O)CCCCc1cccs1. The normalized spacial score (nSPS) is 10.5. The van der Waals surface area contributed by atoms with E-state index in [1.807, 2.05) is 25.1 Å². The van der Waals surface area contributed by atoms with E-state index in [0.717, 1.165) is 30.5 Å². The molecule has 0 saturated heterocycles. The van der Waals surface area contributed by atoms with Crippen molar-refractivity contribution in [3.8, 4) is 0 Å². The molecule has 0 atom stereocenters. The van der Waals surface area contributed by atoms with Gasteiger partial charge in [0.05, 0.1) is 0 Å². The van der Waals surface area contributed by atoms with Gasteiger partial charge in [-0.1, -0.05) is 23.7 Å². The molecule has 0 aliphatic heterocycles. The molecule has 0 fully saturated rings. The second-order valence-electron chi connectivity index (χ2n) is 4.75. The van der Waals surface area contributed by atoms with Gasteiger partial charge in [-0.15, -0.1) is 11.3 Å². The van der Waals surface area contributed by atoms with Gasteiger partial charge in [-0.05, 0) is 55.3 Å². The third-order valence-corrected chi connectivity index (χ3v) is 4.54. The molecule has 1 aromatic carbocycles. The minimum absolute atomic E-state index is 0.0570. The van der Waals surface area contributed by atoms with Gasteiger partial charge < -0.3 is 5.32 Å². The second-order valence-corrected chi connectivity index (χ2v) is 6.19. The van der Waals surface area contributed by atoms with Crippen molar-refractivity contribution in [2.24, 2.45) is 0 Å². The smallest absolute Gasteiger partial charge is 0.224 e. The first-order valence-corrected chi connectivity index (χ1v) is 8.00. The Morgan fingerprint density at radius 3 is 2.85 bits per heavy atom. The number of benzene rings is 1. The van der Waals surface area contributed by atoms with Crippen LogP contribution in [0.25, 0.3) is 0 Å². The lowest BCUT2D eigenvalue weighted by Gasteiger charge is -2.09. The summed E-state index contributed by atoms with van der Waals surface area (Å²) in [5.74, 6) is 0.0570. The molecule has 1 aromatic heterocycles. The summed E-state index contributed by atoms with van der Waals surface area (Å²) in [5.41, 5.74) is 1.72. The third kappa shape index (κ3) is 4.36. The fraction of sp³-hybridized carbons (Fsp3) is 0.312. The van der Waals surface area contributed by atoms with E-state index in [9.17, 15) is 4.79 Å². The van der Waals surface area contributed by atoms with E-state index in [1.165, 1.54) is 4.88 Å². The monoisotopic (exact) mass is 307 g/mol. The first-order valence-electron chi connectivity index (χ1n) is 6.74. The highest BCUT2D eigenvalue weighted by molar-refractivity contribution is 7.09. The van der Waals surface area contributed by atoms with Gasteiger partial charge in [0, 0.05) is 22.0 Å². The Morgan fingerprint density at radius 1 is 1.25 bits per heavy atom. The number of hydrogen-bond acceptors (Lipinski definition) is 2. The van der Waals surface area contributed by atoms with Crippen molar-refractivity contribution in [1.82, 2.24) is 0 Å². The molecule has 0 spiro atoms. The molecule has 1 heterocycles. The number of unbranched alkanes of at least 4 members (excludes halogenated alkanes) is 1. The van der Waals surface area contributed by atoms with E-state index in [-0.39, 0.29) is 5.91 Å². The van der Waals surface area contributed by atoms with Gasteiger partial charge in [0.1, 0.15) is 0 Å². The van der Waals surface area contributed by atoms with Gasteiger partial charge in [0.15, 0.2) is 0 Å². The third-order valence-electron chi connectivity index (χ3n) is 3.20. The van der Waals surface area contributed by atoms with Crippen LogP contribution in [0.2, 0.25) is 5.02 Å². The molecule has 2 aromatic rings. The summed E-state index contributed by atoms with van der Waals surface area (Å²) in [6, 6.07) is 9.76. The number of aryl methyl sites for hydroxylation is 1. The zero-order valence-electron chi connectivity index (χ0n) is 11.5. The van der Waals surface area contributed by atoms with Gasteiger partial charge in [-0.2, -0.15) is 0 Å². The van der Waals surface area contributed by atoms with Crippen LogP contribution in [-0.4, -0.2) is 5.91 Å². The van der Waals surface area contributed by atoms with Gasteiger partial charge in [-0.25, -0.2) is 0 Å². The number of carbonyl (C=O) groups excluding carboxylic acids is 1. The van der Waals surface area contributed by atoms with Crippen LogP contribution in [0, 0.1) is 6.92 Å². The Morgan fingerprint density at radius 2 is 2.10 bits per heavy atom. The van der Waals surface area contributed by atoms with Crippen molar-refractivity contribution in [3.05, 3.63) is 51.2 Å². The van der Waals surface area contributed by atoms with Gasteiger partial charge in [0.2, 0.25) is 5.91 Å². The summed E-state index contributed by atoms with van der Waals surface area (Å²) in [4.78, 5) is 13.3. The molecule has 0 bridgehead atoms. The summed E-state index contributed by atoms with van der Waals surface area (Å²) in [6.45, 7) is 1.91. The van der Waals surface area contributed by atoms with E-state index in [1.54, 1.807) is 11.3 Å². The van der Waals surface area contributed by atoms with E-state index >= 15 is 0 Å². The summed E-state index contributed by atoms with van der Waals surface area (Å²) in [6.07, 6.45) is 3.56. The lowest BCUT2D eigenvalue weighted by Crippen LogP contribution is -2.12. The molecule has 2 rings (SSSR count). The average molecular weight is 308 g/mol. The summed E-state index contributed by atoms with van der Waals surface area (Å²) < 4.78 is 0.